The Morgan fingerprint density at radius 2 is 2.36 bits per heavy atom. The van der Waals surface area contributed by atoms with Crippen LogP contribution in [0.25, 0.3) is 5.82 Å². The predicted molar refractivity (Wildman–Crippen MR) is 45.4 cm³/mol. The van der Waals surface area contributed by atoms with Gasteiger partial charge in [0.1, 0.15) is 11.3 Å². The minimum Gasteiger partial charge on any atom is -0.385 e. The van der Waals surface area contributed by atoms with Gasteiger partial charge in [0, 0.05) is 13.2 Å². The molecule has 1 rings (SSSR count). The van der Waals surface area contributed by atoms with Crippen LogP contribution in [0.15, 0.2) is 36.0 Å². The maximum absolute atomic E-state index is 5.50. The van der Waals surface area contributed by atoms with Gasteiger partial charge in [0.15, 0.2) is 0 Å². The Morgan fingerprint density at radius 3 is 2.82 bits per heavy atom. The van der Waals surface area contributed by atoms with E-state index in [2.05, 4.69) is 11.6 Å². The van der Waals surface area contributed by atoms with Crippen LogP contribution in [0, 0.1) is 0 Å². The second-order valence-corrected chi connectivity index (χ2v) is 2.14. The molecule has 3 nitrogen and oxygen atoms in total. The zero-order valence-corrected chi connectivity index (χ0v) is 6.49. The average molecular weight is 149 g/mol. The highest BCUT2D eigenvalue weighted by Gasteiger charge is 1.89. The van der Waals surface area contributed by atoms with Crippen LogP contribution in [0.2, 0.25) is 0 Å². The van der Waals surface area contributed by atoms with E-state index in [1.54, 1.807) is 11.6 Å². The first-order valence-electron chi connectivity index (χ1n) is 3.31. The molecule has 11 heavy (non-hydrogen) atoms. The number of rotatable bonds is 1. The van der Waals surface area contributed by atoms with Gasteiger partial charge in [-0.1, -0.05) is 12.6 Å². The first-order valence-corrected chi connectivity index (χ1v) is 3.31. The number of aromatic nitrogens is 1. The number of nitrogens with zero attached hydrogens (tertiary/aromatic N) is 2. The standard InChI is InChI=1S/C8H11N3/c1-7(9)11-6-4-3-5-8(11)10-2/h3-6H,1,9H2,2H3. The van der Waals surface area contributed by atoms with Crippen molar-refractivity contribution in [1.82, 2.24) is 4.57 Å². The van der Waals surface area contributed by atoms with Crippen LogP contribution in [0.4, 0.5) is 0 Å². The Bertz CT molecular complexity index is 322. The Labute approximate surface area is 65.5 Å². The Kier molecular flexibility index (Phi) is 2.11. The maximum Gasteiger partial charge on any atom is 0.132 e. The summed E-state index contributed by atoms with van der Waals surface area (Å²) in [6.07, 6.45) is 1.82. The van der Waals surface area contributed by atoms with Gasteiger partial charge in [-0.2, -0.15) is 0 Å². The van der Waals surface area contributed by atoms with Crippen LogP contribution < -0.4 is 11.2 Å². The molecule has 0 saturated carbocycles. The summed E-state index contributed by atoms with van der Waals surface area (Å²) in [4.78, 5) is 4.01. The molecule has 0 bridgehead atoms. The van der Waals surface area contributed by atoms with Crippen molar-refractivity contribution in [3.05, 3.63) is 36.5 Å². The van der Waals surface area contributed by atoms with Gasteiger partial charge in [-0.3, -0.25) is 9.56 Å². The molecule has 0 saturated heterocycles. The van der Waals surface area contributed by atoms with Crippen LogP contribution in [0.1, 0.15) is 0 Å². The van der Waals surface area contributed by atoms with E-state index in [9.17, 15) is 0 Å². The monoisotopic (exact) mass is 149 g/mol. The summed E-state index contributed by atoms with van der Waals surface area (Å²) in [6.45, 7) is 3.61. The first kappa shape index (κ1) is 7.60. The first-order chi connectivity index (χ1) is 5.25. The van der Waals surface area contributed by atoms with E-state index in [1.165, 1.54) is 0 Å². The zero-order chi connectivity index (χ0) is 8.27. The van der Waals surface area contributed by atoms with E-state index in [-0.39, 0.29) is 0 Å². The van der Waals surface area contributed by atoms with Crippen molar-refractivity contribution in [3.8, 4) is 0 Å². The molecule has 0 spiro atoms. The molecule has 2 N–H and O–H groups in total. The molecule has 0 amide bonds. The van der Waals surface area contributed by atoms with Crippen LogP contribution in [-0.2, 0) is 0 Å². The summed E-state index contributed by atoms with van der Waals surface area (Å²) < 4.78 is 1.72. The number of nitrogens with two attached hydrogens (primary N) is 1. The van der Waals surface area contributed by atoms with Crippen molar-refractivity contribution in [3.63, 3.8) is 0 Å². The molecule has 0 unspecified atom stereocenters. The molecule has 0 aliphatic carbocycles. The molecular formula is C8H11N3. The lowest BCUT2D eigenvalue weighted by Crippen LogP contribution is -2.21. The van der Waals surface area contributed by atoms with E-state index >= 15 is 0 Å². The Hall–Kier alpha value is -1.51. The molecule has 0 aromatic carbocycles. The van der Waals surface area contributed by atoms with Gasteiger partial charge in [-0.25, -0.2) is 0 Å². The van der Waals surface area contributed by atoms with Crippen molar-refractivity contribution in [2.24, 2.45) is 10.7 Å². The van der Waals surface area contributed by atoms with Crippen molar-refractivity contribution >= 4 is 5.82 Å². The molecule has 1 aromatic heterocycles. The highest BCUT2D eigenvalue weighted by Crippen LogP contribution is 1.86. The van der Waals surface area contributed by atoms with Gasteiger partial charge < -0.3 is 5.73 Å². The highest BCUT2D eigenvalue weighted by atomic mass is 15.1. The van der Waals surface area contributed by atoms with Crippen LogP contribution in [-0.4, -0.2) is 11.6 Å². The van der Waals surface area contributed by atoms with E-state index in [0.717, 1.165) is 5.49 Å². The molecule has 58 valence electrons. The minimum absolute atomic E-state index is 0.478. The van der Waals surface area contributed by atoms with Gasteiger partial charge >= 0.3 is 0 Å². The lowest BCUT2D eigenvalue weighted by atomic mass is 10.4. The molecule has 1 heterocycles. The second kappa shape index (κ2) is 3.05. The van der Waals surface area contributed by atoms with Gasteiger partial charge in [0.25, 0.3) is 0 Å². The lowest BCUT2D eigenvalue weighted by Gasteiger charge is -2.03. The molecule has 0 fully saturated rings. The fourth-order valence-corrected chi connectivity index (χ4v) is 0.859. The van der Waals surface area contributed by atoms with Gasteiger partial charge in [-0.05, 0) is 12.1 Å². The lowest BCUT2D eigenvalue weighted by molar-refractivity contribution is 0.947. The smallest absolute Gasteiger partial charge is 0.132 e. The second-order valence-electron chi connectivity index (χ2n) is 2.14. The SMILES string of the molecule is C=C(N)n1ccccc1=NC. The summed E-state index contributed by atoms with van der Waals surface area (Å²) in [7, 11) is 1.72. The average Bonchev–Trinajstić information content (AvgIpc) is 2.04. The highest BCUT2D eigenvalue weighted by molar-refractivity contribution is 5.35. The summed E-state index contributed by atoms with van der Waals surface area (Å²) in [5.74, 6) is 0.478. The predicted octanol–water partition coefficient (Wildman–Crippen LogP) is 0.406. The third-order valence-corrected chi connectivity index (χ3v) is 1.38. The normalized spacial score (nSPS) is 11.5. The third kappa shape index (κ3) is 1.49. The topological polar surface area (TPSA) is 43.3 Å². The summed E-state index contributed by atoms with van der Waals surface area (Å²) >= 11 is 0. The summed E-state index contributed by atoms with van der Waals surface area (Å²) in [5, 5.41) is 0. The third-order valence-electron chi connectivity index (χ3n) is 1.38. The minimum atomic E-state index is 0.478. The fraction of sp³-hybridized carbons (Fsp3) is 0.125. The van der Waals surface area contributed by atoms with Gasteiger partial charge in [-0.15, -0.1) is 0 Å². The van der Waals surface area contributed by atoms with Crippen LogP contribution in [0.5, 0.6) is 0 Å². The fourth-order valence-electron chi connectivity index (χ4n) is 0.859. The van der Waals surface area contributed by atoms with Gasteiger partial charge in [0.2, 0.25) is 0 Å². The van der Waals surface area contributed by atoms with E-state index < -0.39 is 0 Å². The Morgan fingerprint density at radius 1 is 1.64 bits per heavy atom. The number of pyridine rings is 1. The van der Waals surface area contributed by atoms with E-state index in [0.29, 0.717) is 5.82 Å². The molecule has 0 radical (unpaired) electrons. The van der Waals surface area contributed by atoms with Crippen molar-refractivity contribution in [1.29, 1.82) is 0 Å². The molecule has 0 atom stereocenters. The quantitative estimate of drug-likeness (QED) is 0.617. The van der Waals surface area contributed by atoms with E-state index in [1.807, 2.05) is 24.4 Å². The largest absolute Gasteiger partial charge is 0.385 e. The summed E-state index contributed by atoms with van der Waals surface area (Å²) in [6, 6.07) is 5.66. The maximum atomic E-state index is 5.50. The number of hydrogen-bond acceptors (Lipinski definition) is 2. The molecule has 0 aliphatic heterocycles. The van der Waals surface area contributed by atoms with Gasteiger partial charge in [0.05, 0.1) is 0 Å². The van der Waals surface area contributed by atoms with Crippen molar-refractivity contribution in [2.45, 2.75) is 0 Å². The van der Waals surface area contributed by atoms with Crippen molar-refractivity contribution in [2.75, 3.05) is 7.05 Å². The van der Waals surface area contributed by atoms with E-state index in [4.69, 9.17) is 5.73 Å². The Balaban J connectivity index is 3.36. The molecular weight excluding hydrogens is 138 g/mol. The van der Waals surface area contributed by atoms with Crippen LogP contribution >= 0.6 is 0 Å². The molecule has 3 heteroatoms. The van der Waals surface area contributed by atoms with Crippen LogP contribution in [0.3, 0.4) is 0 Å². The molecule has 0 aliphatic rings. The summed E-state index contributed by atoms with van der Waals surface area (Å²) in [5.41, 5.74) is 6.30. The van der Waals surface area contributed by atoms with Crippen molar-refractivity contribution < 1.29 is 0 Å². The molecule has 1 aromatic rings. The number of hydrogen-bond donors (Lipinski definition) is 1. The zero-order valence-electron chi connectivity index (χ0n) is 6.49.